The van der Waals surface area contributed by atoms with Crippen LogP contribution in [0.15, 0.2) is 0 Å². The van der Waals surface area contributed by atoms with E-state index in [1.54, 1.807) is 0 Å². The molecule has 1 nitrogen and oxygen atoms in total. The van der Waals surface area contributed by atoms with Gasteiger partial charge in [-0.25, -0.2) is 0 Å². The van der Waals surface area contributed by atoms with E-state index in [-0.39, 0.29) is 0 Å². The second-order valence-corrected chi connectivity index (χ2v) is 2.37. The molecule has 47 valence electrons. The minimum atomic E-state index is 0.844. The van der Waals surface area contributed by atoms with Crippen LogP contribution in [0.25, 0.3) is 0 Å². The molecule has 0 unspecified atom stereocenters. The van der Waals surface area contributed by atoms with Crippen molar-refractivity contribution in [2.75, 3.05) is 13.2 Å². The van der Waals surface area contributed by atoms with E-state index in [0.717, 1.165) is 25.6 Å². The van der Waals surface area contributed by atoms with E-state index >= 15 is 0 Å². The van der Waals surface area contributed by atoms with Gasteiger partial charge < -0.3 is 4.74 Å². The predicted molar refractivity (Wildman–Crippen MR) is 33.5 cm³/mol. The first-order valence-corrected chi connectivity index (χ1v) is 3.30. The third-order valence-corrected chi connectivity index (χ3v) is 1.34. The van der Waals surface area contributed by atoms with Crippen molar-refractivity contribution in [3.05, 3.63) is 6.92 Å². The quantitative estimate of drug-likeness (QED) is 0.503. The molecule has 1 rings (SSSR count). The van der Waals surface area contributed by atoms with Gasteiger partial charge in [0.1, 0.15) is 0 Å². The molecule has 1 saturated carbocycles. The van der Waals surface area contributed by atoms with Crippen molar-refractivity contribution < 1.29 is 4.74 Å². The lowest BCUT2D eigenvalue weighted by atomic mass is 10.4. The lowest BCUT2D eigenvalue weighted by Gasteiger charge is -1.96. The molecule has 8 heavy (non-hydrogen) atoms. The van der Waals surface area contributed by atoms with Crippen LogP contribution in [0, 0.1) is 12.8 Å². The molecule has 0 amide bonds. The average Bonchev–Trinajstić information content (AvgIpc) is 2.51. The van der Waals surface area contributed by atoms with Crippen LogP contribution in [0.1, 0.15) is 19.3 Å². The summed E-state index contributed by atoms with van der Waals surface area (Å²) in [5, 5.41) is 0. The summed E-state index contributed by atoms with van der Waals surface area (Å²) >= 11 is 0. The van der Waals surface area contributed by atoms with E-state index in [9.17, 15) is 0 Å². The van der Waals surface area contributed by atoms with E-state index in [1.807, 2.05) is 0 Å². The Labute approximate surface area is 51.0 Å². The minimum absolute atomic E-state index is 0.844. The molecule has 1 aliphatic rings. The van der Waals surface area contributed by atoms with Crippen LogP contribution in [0.2, 0.25) is 0 Å². The van der Waals surface area contributed by atoms with Crippen LogP contribution < -0.4 is 0 Å². The fraction of sp³-hybridized carbons (Fsp3) is 0.857. The molecule has 0 aromatic rings. The van der Waals surface area contributed by atoms with E-state index in [1.165, 1.54) is 12.8 Å². The maximum atomic E-state index is 5.24. The zero-order valence-corrected chi connectivity index (χ0v) is 5.23. The van der Waals surface area contributed by atoms with Crippen molar-refractivity contribution >= 4 is 0 Å². The molecule has 0 aliphatic heterocycles. The Kier molecular flexibility index (Phi) is 2.34. The SMILES string of the molecule is [CH2]CCOCC1CC1. The highest BCUT2D eigenvalue weighted by Crippen LogP contribution is 2.28. The molecule has 0 bridgehead atoms. The molecule has 1 heteroatoms. The Bertz CT molecular complexity index is 57.4. The first-order chi connectivity index (χ1) is 3.93. The van der Waals surface area contributed by atoms with Crippen LogP contribution in [-0.2, 0) is 4.74 Å². The van der Waals surface area contributed by atoms with E-state index in [0.29, 0.717) is 0 Å². The van der Waals surface area contributed by atoms with E-state index in [4.69, 9.17) is 4.74 Å². The van der Waals surface area contributed by atoms with E-state index in [2.05, 4.69) is 6.92 Å². The molecule has 0 heterocycles. The van der Waals surface area contributed by atoms with Crippen molar-refractivity contribution in [3.63, 3.8) is 0 Å². The maximum Gasteiger partial charge on any atom is 0.0494 e. The molecule has 1 radical (unpaired) electrons. The second-order valence-electron chi connectivity index (χ2n) is 2.37. The molecule has 0 aromatic carbocycles. The summed E-state index contributed by atoms with van der Waals surface area (Å²) in [7, 11) is 0. The van der Waals surface area contributed by atoms with Crippen molar-refractivity contribution in [2.24, 2.45) is 5.92 Å². The minimum Gasteiger partial charge on any atom is -0.381 e. The molecule has 1 aliphatic carbocycles. The van der Waals surface area contributed by atoms with Crippen LogP contribution in [-0.4, -0.2) is 13.2 Å². The molecule has 0 N–H and O–H groups in total. The van der Waals surface area contributed by atoms with Crippen molar-refractivity contribution in [1.82, 2.24) is 0 Å². The largest absolute Gasteiger partial charge is 0.381 e. The van der Waals surface area contributed by atoms with Gasteiger partial charge in [0.25, 0.3) is 0 Å². The summed E-state index contributed by atoms with van der Waals surface area (Å²) in [6.45, 7) is 5.50. The normalized spacial score (nSPS) is 19.1. The van der Waals surface area contributed by atoms with Gasteiger partial charge in [-0.15, -0.1) is 0 Å². The molecule has 0 spiro atoms. The second kappa shape index (κ2) is 3.08. The predicted octanol–water partition coefficient (Wildman–Crippen LogP) is 1.64. The van der Waals surface area contributed by atoms with Crippen molar-refractivity contribution in [1.29, 1.82) is 0 Å². The van der Waals surface area contributed by atoms with Crippen LogP contribution in [0.3, 0.4) is 0 Å². The van der Waals surface area contributed by atoms with Crippen LogP contribution in [0.4, 0.5) is 0 Å². The molecule has 0 atom stereocenters. The maximum absolute atomic E-state index is 5.24. The summed E-state index contributed by atoms with van der Waals surface area (Å²) in [6, 6.07) is 0. The van der Waals surface area contributed by atoms with Gasteiger partial charge in [-0.2, -0.15) is 0 Å². The van der Waals surface area contributed by atoms with Crippen LogP contribution in [0.5, 0.6) is 0 Å². The Balaban J connectivity index is 1.74. The first kappa shape index (κ1) is 6.09. The number of rotatable bonds is 4. The highest BCUT2D eigenvalue weighted by Gasteiger charge is 2.20. The fourth-order valence-corrected chi connectivity index (χ4v) is 0.637. The Hall–Kier alpha value is -0.0400. The third kappa shape index (κ3) is 2.31. The summed E-state index contributed by atoms with van der Waals surface area (Å²) < 4.78 is 5.24. The Morgan fingerprint density at radius 2 is 2.25 bits per heavy atom. The summed E-state index contributed by atoms with van der Waals surface area (Å²) in [5.74, 6) is 0.904. The van der Waals surface area contributed by atoms with Gasteiger partial charge in [-0.1, -0.05) is 6.92 Å². The molecule has 0 aromatic heterocycles. The summed E-state index contributed by atoms with van der Waals surface area (Å²) in [6.07, 6.45) is 3.68. The average molecular weight is 113 g/mol. The van der Waals surface area contributed by atoms with Gasteiger partial charge in [0.05, 0.1) is 0 Å². The summed E-state index contributed by atoms with van der Waals surface area (Å²) in [4.78, 5) is 0. The first-order valence-electron chi connectivity index (χ1n) is 3.30. The Morgan fingerprint density at radius 3 is 2.75 bits per heavy atom. The number of ether oxygens (including phenoxy) is 1. The molecular weight excluding hydrogens is 100 g/mol. The topological polar surface area (TPSA) is 9.23 Å². The van der Waals surface area contributed by atoms with Crippen molar-refractivity contribution in [3.8, 4) is 0 Å². The smallest absolute Gasteiger partial charge is 0.0494 e. The number of hydrogen-bond acceptors (Lipinski definition) is 1. The third-order valence-electron chi connectivity index (χ3n) is 1.34. The van der Waals surface area contributed by atoms with Gasteiger partial charge in [0, 0.05) is 13.2 Å². The zero-order valence-electron chi connectivity index (χ0n) is 5.23. The zero-order chi connectivity index (χ0) is 5.82. The van der Waals surface area contributed by atoms with Gasteiger partial charge >= 0.3 is 0 Å². The molecule has 0 saturated heterocycles. The fourth-order valence-electron chi connectivity index (χ4n) is 0.637. The highest BCUT2D eigenvalue weighted by atomic mass is 16.5. The van der Waals surface area contributed by atoms with E-state index < -0.39 is 0 Å². The van der Waals surface area contributed by atoms with Gasteiger partial charge in [-0.05, 0) is 25.2 Å². The highest BCUT2D eigenvalue weighted by molar-refractivity contribution is 4.71. The molecule has 1 fully saturated rings. The molecular formula is C7H13O. The van der Waals surface area contributed by atoms with Gasteiger partial charge in [0.2, 0.25) is 0 Å². The van der Waals surface area contributed by atoms with Crippen LogP contribution >= 0.6 is 0 Å². The van der Waals surface area contributed by atoms with Gasteiger partial charge in [0.15, 0.2) is 0 Å². The monoisotopic (exact) mass is 113 g/mol. The van der Waals surface area contributed by atoms with Gasteiger partial charge in [-0.3, -0.25) is 0 Å². The standard InChI is InChI=1S/C7H13O/c1-2-5-8-6-7-3-4-7/h7H,1-6H2. The lowest BCUT2D eigenvalue weighted by Crippen LogP contribution is -1.96. The van der Waals surface area contributed by atoms with Crippen molar-refractivity contribution in [2.45, 2.75) is 19.3 Å². The summed E-state index contributed by atoms with van der Waals surface area (Å²) in [5.41, 5.74) is 0. The lowest BCUT2D eigenvalue weighted by molar-refractivity contribution is 0.128. The number of hydrogen-bond donors (Lipinski definition) is 0. The Morgan fingerprint density at radius 1 is 1.50 bits per heavy atom.